The van der Waals surface area contributed by atoms with Gasteiger partial charge in [-0.1, -0.05) is 12.1 Å². The fourth-order valence-corrected chi connectivity index (χ4v) is 2.51. The maximum absolute atomic E-state index is 13.4. The van der Waals surface area contributed by atoms with Gasteiger partial charge in [0.2, 0.25) is 0 Å². The minimum atomic E-state index is -1.19. The predicted octanol–water partition coefficient (Wildman–Crippen LogP) is 2.28. The van der Waals surface area contributed by atoms with Crippen molar-refractivity contribution in [1.82, 2.24) is 4.90 Å². The van der Waals surface area contributed by atoms with Crippen molar-refractivity contribution in [3.63, 3.8) is 0 Å². The number of amides is 2. The number of phenols is 2. The summed E-state index contributed by atoms with van der Waals surface area (Å²) in [4.78, 5) is 25.3. The standard InChI is InChI=1S/C18H14F2N2O4/c19-13-7-11(8-14(20)17(13)25)21-15-9-16(24)22(18(15)26)6-5-10-1-3-12(23)4-2-10/h1-4,7-9,21,23,25H,5-6H2. The number of nitrogens with zero attached hydrogens (tertiary/aromatic N) is 1. The first-order valence-corrected chi connectivity index (χ1v) is 7.65. The molecule has 2 aromatic rings. The van der Waals surface area contributed by atoms with Gasteiger partial charge in [-0.05, 0) is 24.1 Å². The van der Waals surface area contributed by atoms with Crippen LogP contribution in [0.15, 0.2) is 48.2 Å². The predicted molar refractivity (Wildman–Crippen MR) is 88.3 cm³/mol. The summed E-state index contributed by atoms with van der Waals surface area (Å²) in [6, 6.07) is 7.99. The monoisotopic (exact) mass is 360 g/mol. The van der Waals surface area contributed by atoms with Gasteiger partial charge in [0.05, 0.1) is 0 Å². The highest BCUT2D eigenvalue weighted by atomic mass is 19.1. The molecule has 3 rings (SSSR count). The number of carbonyl (C=O) groups excluding carboxylic acids is 2. The molecule has 2 aromatic carbocycles. The van der Waals surface area contributed by atoms with E-state index in [0.717, 1.165) is 28.7 Å². The van der Waals surface area contributed by atoms with Crippen molar-refractivity contribution in [2.45, 2.75) is 6.42 Å². The lowest BCUT2D eigenvalue weighted by Crippen LogP contribution is -2.33. The smallest absolute Gasteiger partial charge is 0.277 e. The molecule has 0 atom stereocenters. The fraction of sp³-hybridized carbons (Fsp3) is 0.111. The molecule has 6 nitrogen and oxygen atoms in total. The molecule has 0 radical (unpaired) electrons. The van der Waals surface area contributed by atoms with E-state index in [4.69, 9.17) is 5.11 Å². The van der Waals surface area contributed by atoms with Gasteiger partial charge in [-0.2, -0.15) is 0 Å². The van der Waals surface area contributed by atoms with Crippen LogP contribution in [0.4, 0.5) is 14.5 Å². The Morgan fingerprint density at radius 2 is 1.62 bits per heavy atom. The lowest BCUT2D eigenvalue weighted by atomic mass is 10.1. The molecular formula is C18H14F2N2O4. The van der Waals surface area contributed by atoms with E-state index in [1.165, 1.54) is 12.1 Å². The van der Waals surface area contributed by atoms with E-state index in [2.05, 4.69) is 5.32 Å². The van der Waals surface area contributed by atoms with Gasteiger partial charge >= 0.3 is 0 Å². The molecule has 2 amide bonds. The van der Waals surface area contributed by atoms with Crippen LogP contribution in [0.5, 0.6) is 11.5 Å². The summed E-state index contributed by atoms with van der Waals surface area (Å²) in [5, 5.41) is 20.8. The Morgan fingerprint density at radius 3 is 2.23 bits per heavy atom. The fourth-order valence-electron chi connectivity index (χ4n) is 2.51. The number of phenolic OH excluding ortho intramolecular Hbond substituents is 2. The number of halogens is 2. The SMILES string of the molecule is O=C1C=C(Nc2cc(F)c(O)c(F)c2)C(=O)N1CCc1ccc(O)cc1. The van der Waals surface area contributed by atoms with E-state index in [-0.39, 0.29) is 23.7 Å². The van der Waals surface area contributed by atoms with E-state index >= 15 is 0 Å². The summed E-state index contributed by atoms with van der Waals surface area (Å²) in [5.74, 6) is -4.54. The van der Waals surface area contributed by atoms with Crippen LogP contribution in [0.25, 0.3) is 0 Å². The zero-order chi connectivity index (χ0) is 18.8. The zero-order valence-electron chi connectivity index (χ0n) is 13.4. The lowest BCUT2D eigenvalue weighted by Gasteiger charge is -2.15. The van der Waals surface area contributed by atoms with Crippen LogP contribution in [-0.4, -0.2) is 33.5 Å². The molecule has 0 saturated carbocycles. The van der Waals surface area contributed by atoms with E-state index in [1.807, 2.05) is 0 Å². The average Bonchev–Trinajstić information content (AvgIpc) is 2.86. The summed E-state index contributed by atoms with van der Waals surface area (Å²) < 4.78 is 26.7. The number of carbonyl (C=O) groups is 2. The summed E-state index contributed by atoms with van der Waals surface area (Å²) >= 11 is 0. The lowest BCUT2D eigenvalue weighted by molar-refractivity contribution is -0.137. The maximum Gasteiger partial charge on any atom is 0.277 e. The first kappa shape index (κ1) is 17.4. The van der Waals surface area contributed by atoms with Gasteiger partial charge in [-0.25, -0.2) is 8.78 Å². The quantitative estimate of drug-likeness (QED) is 0.562. The number of benzene rings is 2. The van der Waals surface area contributed by atoms with Gasteiger partial charge in [-0.3, -0.25) is 14.5 Å². The number of imide groups is 1. The minimum Gasteiger partial charge on any atom is -0.508 e. The number of hydrogen-bond acceptors (Lipinski definition) is 5. The highest BCUT2D eigenvalue weighted by Gasteiger charge is 2.31. The molecule has 0 fully saturated rings. The van der Waals surface area contributed by atoms with Gasteiger partial charge in [-0.15, -0.1) is 0 Å². The average molecular weight is 360 g/mol. The first-order chi connectivity index (χ1) is 12.3. The van der Waals surface area contributed by atoms with E-state index in [1.54, 1.807) is 12.1 Å². The zero-order valence-corrected chi connectivity index (χ0v) is 13.4. The number of nitrogens with one attached hydrogen (secondary N) is 1. The summed E-state index contributed by atoms with van der Waals surface area (Å²) in [5.41, 5.74) is 0.600. The molecule has 0 unspecified atom stereocenters. The Bertz CT molecular complexity index is 887. The van der Waals surface area contributed by atoms with Crippen molar-refractivity contribution < 1.29 is 28.6 Å². The summed E-state index contributed by atoms with van der Waals surface area (Å²) in [7, 11) is 0. The number of anilines is 1. The van der Waals surface area contributed by atoms with Crippen molar-refractivity contribution >= 4 is 17.5 Å². The van der Waals surface area contributed by atoms with Crippen LogP contribution < -0.4 is 5.32 Å². The van der Waals surface area contributed by atoms with Gasteiger partial charge in [0.15, 0.2) is 17.4 Å². The van der Waals surface area contributed by atoms with Crippen LogP contribution in [-0.2, 0) is 16.0 Å². The largest absolute Gasteiger partial charge is 0.508 e. The molecule has 1 aliphatic rings. The Kier molecular flexibility index (Phi) is 4.57. The summed E-state index contributed by atoms with van der Waals surface area (Å²) in [6.07, 6.45) is 1.43. The Labute approximate surface area is 147 Å². The van der Waals surface area contributed by atoms with Crippen LogP contribution in [0.2, 0.25) is 0 Å². The number of rotatable bonds is 5. The van der Waals surface area contributed by atoms with Gasteiger partial charge in [0, 0.05) is 30.4 Å². The maximum atomic E-state index is 13.4. The second kappa shape index (κ2) is 6.83. The third-order valence-corrected chi connectivity index (χ3v) is 3.87. The van der Waals surface area contributed by atoms with Crippen molar-refractivity contribution in [2.24, 2.45) is 0 Å². The third kappa shape index (κ3) is 3.49. The minimum absolute atomic E-state index is 0.106. The molecule has 0 aromatic heterocycles. The van der Waals surface area contributed by atoms with Crippen LogP contribution >= 0.6 is 0 Å². The Morgan fingerprint density at radius 1 is 1.00 bits per heavy atom. The molecule has 0 aliphatic carbocycles. The van der Waals surface area contributed by atoms with E-state index in [0.29, 0.717) is 6.42 Å². The molecule has 8 heteroatoms. The van der Waals surface area contributed by atoms with Gasteiger partial charge < -0.3 is 15.5 Å². The topological polar surface area (TPSA) is 89.9 Å². The highest BCUT2D eigenvalue weighted by molar-refractivity contribution is 6.17. The highest BCUT2D eigenvalue weighted by Crippen LogP contribution is 2.26. The van der Waals surface area contributed by atoms with Crippen LogP contribution in [0.1, 0.15) is 5.56 Å². The van der Waals surface area contributed by atoms with Crippen molar-refractivity contribution in [1.29, 1.82) is 0 Å². The second-order valence-corrected chi connectivity index (χ2v) is 5.68. The summed E-state index contributed by atoms with van der Waals surface area (Å²) in [6.45, 7) is 0.114. The van der Waals surface area contributed by atoms with Crippen molar-refractivity contribution in [3.8, 4) is 11.5 Å². The molecule has 3 N–H and O–H groups in total. The van der Waals surface area contributed by atoms with Gasteiger partial charge in [0.25, 0.3) is 11.8 Å². The van der Waals surface area contributed by atoms with Crippen LogP contribution in [0.3, 0.4) is 0 Å². The molecular weight excluding hydrogens is 346 g/mol. The van der Waals surface area contributed by atoms with E-state index in [9.17, 15) is 23.5 Å². The molecule has 1 heterocycles. The molecule has 0 spiro atoms. The third-order valence-electron chi connectivity index (χ3n) is 3.87. The number of hydrogen-bond donors (Lipinski definition) is 3. The van der Waals surface area contributed by atoms with E-state index < -0.39 is 29.2 Å². The van der Waals surface area contributed by atoms with Crippen LogP contribution in [0, 0.1) is 11.6 Å². The van der Waals surface area contributed by atoms with Crippen molar-refractivity contribution in [3.05, 3.63) is 65.4 Å². The molecule has 26 heavy (non-hydrogen) atoms. The Hall–Kier alpha value is -3.42. The first-order valence-electron chi connectivity index (χ1n) is 7.65. The molecule has 0 saturated heterocycles. The molecule has 0 bridgehead atoms. The normalized spacial score (nSPS) is 13.9. The molecule has 134 valence electrons. The molecule has 1 aliphatic heterocycles. The van der Waals surface area contributed by atoms with Crippen molar-refractivity contribution in [2.75, 3.05) is 11.9 Å². The Balaban J connectivity index is 1.68. The number of aromatic hydroxyl groups is 2. The van der Waals surface area contributed by atoms with Gasteiger partial charge in [0.1, 0.15) is 11.4 Å². The second-order valence-electron chi connectivity index (χ2n) is 5.68.